The molecule has 4 heteroatoms. The number of nitrogens with zero attached hydrogens (tertiary/aromatic N) is 2. The molecule has 0 unspecified atom stereocenters. The number of amidine groups is 1. The van der Waals surface area contributed by atoms with Crippen LogP contribution in [0.15, 0.2) is 28.0 Å². The van der Waals surface area contributed by atoms with Crippen LogP contribution in [0.3, 0.4) is 0 Å². The fourth-order valence-electron chi connectivity index (χ4n) is 1.63. The van der Waals surface area contributed by atoms with Crippen LogP contribution in [0.5, 0.6) is 0 Å². The summed E-state index contributed by atoms with van der Waals surface area (Å²) in [4.78, 5) is 20.7. The maximum atomic E-state index is 11.3. The van der Waals surface area contributed by atoms with E-state index in [1.54, 1.807) is 6.07 Å². The average molecular weight is 235 g/mol. The standard InChI is InChI=1S/C13H21N3O/c1-4-9-14-11(3)16(10-5-2)12-7-6-8-13(17)15-12/h6-8H,4-5,9-10H2,1-3H3,(H,15,17). The minimum Gasteiger partial charge on any atom is -0.317 e. The van der Waals surface area contributed by atoms with E-state index in [0.29, 0.717) is 0 Å². The first-order chi connectivity index (χ1) is 8.19. The van der Waals surface area contributed by atoms with Crippen molar-refractivity contribution in [3.8, 4) is 0 Å². The zero-order valence-corrected chi connectivity index (χ0v) is 10.9. The maximum absolute atomic E-state index is 11.3. The second-order valence-electron chi connectivity index (χ2n) is 3.98. The highest BCUT2D eigenvalue weighted by atomic mass is 16.1. The molecule has 0 amide bonds. The van der Waals surface area contributed by atoms with E-state index < -0.39 is 0 Å². The number of pyridine rings is 1. The van der Waals surface area contributed by atoms with Crippen LogP contribution < -0.4 is 10.5 Å². The summed E-state index contributed by atoms with van der Waals surface area (Å²) in [7, 11) is 0. The summed E-state index contributed by atoms with van der Waals surface area (Å²) in [5.74, 6) is 1.77. The third-order valence-corrected chi connectivity index (χ3v) is 2.45. The second kappa shape index (κ2) is 6.89. The molecule has 0 radical (unpaired) electrons. The van der Waals surface area contributed by atoms with E-state index >= 15 is 0 Å². The summed E-state index contributed by atoms with van der Waals surface area (Å²) >= 11 is 0. The van der Waals surface area contributed by atoms with Crippen molar-refractivity contribution in [3.05, 3.63) is 28.6 Å². The van der Waals surface area contributed by atoms with Crippen molar-refractivity contribution in [3.63, 3.8) is 0 Å². The topological polar surface area (TPSA) is 48.5 Å². The van der Waals surface area contributed by atoms with Gasteiger partial charge in [-0.05, 0) is 25.8 Å². The van der Waals surface area contributed by atoms with Crippen molar-refractivity contribution in [2.24, 2.45) is 4.99 Å². The number of aromatic nitrogens is 1. The molecule has 0 aliphatic rings. The molecular weight excluding hydrogens is 214 g/mol. The van der Waals surface area contributed by atoms with E-state index in [2.05, 4.69) is 28.7 Å². The van der Waals surface area contributed by atoms with E-state index in [1.807, 2.05) is 13.0 Å². The van der Waals surface area contributed by atoms with Gasteiger partial charge in [0.15, 0.2) is 0 Å². The summed E-state index contributed by atoms with van der Waals surface area (Å²) in [6.45, 7) is 7.88. The van der Waals surface area contributed by atoms with Gasteiger partial charge in [0.25, 0.3) is 0 Å². The Bertz CT molecular complexity index is 423. The molecule has 1 aromatic heterocycles. The summed E-state index contributed by atoms with van der Waals surface area (Å²) < 4.78 is 0. The molecule has 0 spiro atoms. The molecule has 0 bridgehead atoms. The van der Waals surface area contributed by atoms with Gasteiger partial charge in [0.05, 0.1) is 0 Å². The molecule has 0 aliphatic carbocycles. The Morgan fingerprint density at radius 1 is 1.35 bits per heavy atom. The Morgan fingerprint density at radius 3 is 2.71 bits per heavy atom. The summed E-state index contributed by atoms with van der Waals surface area (Å²) in [6.07, 6.45) is 2.04. The third-order valence-electron chi connectivity index (χ3n) is 2.45. The molecule has 94 valence electrons. The Hall–Kier alpha value is -1.58. The molecule has 0 aromatic carbocycles. The second-order valence-corrected chi connectivity index (χ2v) is 3.98. The van der Waals surface area contributed by atoms with Crippen LogP contribution in [0.4, 0.5) is 5.82 Å². The fraction of sp³-hybridized carbons (Fsp3) is 0.538. The van der Waals surface area contributed by atoms with Gasteiger partial charge in [-0.15, -0.1) is 0 Å². The van der Waals surface area contributed by atoms with Crippen LogP contribution in [-0.2, 0) is 0 Å². The van der Waals surface area contributed by atoms with Crippen LogP contribution in [0.2, 0.25) is 0 Å². The number of nitrogens with one attached hydrogen (secondary N) is 1. The van der Waals surface area contributed by atoms with E-state index in [1.165, 1.54) is 6.07 Å². The molecule has 0 fully saturated rings. The highest BCUT2D eigenvalue weighted by Crippen LogP contribution is 2.09. The molecule has 17 heavy (non-hydrogen) atoms. The number of hydrogen-bond acceptors (Lipinski definition) is 2. The Labute approximate surface area is 102 Å². The lowest BCUT2D eigenvalue weighted by Gasteiger charge is -2.23. The van der Waals surface area contributed by atoms with Crippen LogP contribution in [0, 0.1) is 0 Å². The number of aliphatic imine (C=N–C) groups is 1. The number of H-pyrrole nitrogens is 1. The minimum atomic E-state index is -0.0769. The van der Waals surface area contributed by atoms with Crippen molar-refractivity contribution in [2.45, 2.75) is 33.6 Å². The molecule has 0 saturated heterocycles. The number of aromatic amines is 1. The molecule has 1 heterocycles. The Kier molecular flexibility index (Phi) is 5.46. The number of rotatable bonds is 5. The molecule has 1 N–H and O–H groups in total. The lowest BCUT2D eigenvalue weighted by Crippen LogP contribution is -2.31. The SMILES string of the molecule is CCCN=C(C)N(CCC)c1cccc(=O)[nH]1. The minimum absolute atomic E-state index is 0.0769. The molecule has 0 saturated carbocycles. The molecule has 0 atom stereocenters. The Balaban J connectivity index is 2.96. The fourth-order valence-corrected chi connectivity index (χ4v) is 1.63. The summed E-state index contributed by atoms with van der Waals surface area (Å²) in [5.41, 5.74) is -0.0769. The summed E-state index contributed by atoms with van der Waals surface area (Å²) in [6, 6.07) is 5.19. The van der Waals surface area contributed by atoms with E-state index in [0.717, 1.165) is 37.6 Å². The van der Waals surface area contributed by atoms with Crippen LogP contribution >= 0.6 is 0 Å². The van der Waals surface area contributed by atoms with E-state index in [-0.39, 0.29) is 5.56 Å². The quantitative estimate of drug-likeness (QED) is 0.629. The van der Waals surface area contributed by atoms with Gasteiger partial charge in [-0.3, -0.25) is 9.79 Å². The lowest BCUT2D eigenvalue weighted by molar-refractivity contribution is 0.865. The third kappa shape index (κ3) is 4.06. The first kappa shape index (κ1) is 13.5. The van der Waals surface area contributed by atoms with Crippen molar-refractivity contribution in [2.75, 3.05) is 18.0 Å². The zero-order valence-electron chi connectivity index (χ0n) is 10.9. The largest absolute Gasteiger partial charge is 0.317 e. The van der Waals surface area contributed by atoms with Crippen molar-refractivity contribution >= 4 is 11.7 Å². The van der Waals surface area contributed by atoms with Crippen LogP contribution in [-0.4, -0.2) is 23.9 Å². The first-order valence-corrected chi connectivity index (χ1v) is 6.17. The first-order valence-electron chi connectivity index (χ1n) is 6.17. The zero-order chi connectivity index (χ0) is 12.7. The van der Waals surface area contributed by atoms with Crippen molar-refractivity contribution in [1.29, 1.82) is 0 Å². The smallest absolute Gasteiger partial charge is 0.249 e. The number of anilines is 1. The highest BCUT2D eigenvalue weighted by molar-refractivity contribution is 5.95. The van der Waals surface area contributed by atoms with Gasteiger partial charge in [-0.2, -0.15) is 0 Å². The van der Waals surface area contributed by atoms with E-state index in [4.69, 9.17) is 0 Å². The summed E-state index contributed by atoms with van der Waals surface area (Å²) in [5, 5.41) is 0. The van der Waals surface area contributed by atoms with Crippen LogP contribution in [0.25, 0.3) is 0 Å². The van der Waals surface area contributed by atoms with Crippen molar-refractivity contribution in [1.82, 2.24) is 4.98 Å². The molecule has 1 aromatic rings. The van der Waals surface area contributed by atoms with Gasteiger partial charge in [-0.25, -0.2) is 0 Å². The predicted octanol–water partition coefficient (Wildman–Crippen LogP) is 2.42. The van der Waals surface area contributed by atoms with E-state index in [9.17, 15) is 4.79 Å². The van der Waals surface area contributed by atoms with Gasteiger partial charge in [-0.1, -0.05) is 19.9 Å². The molecular formula is C13H21N3O. The molecule has 4 nitrogen and oxygen atoms in total. The number of hydrogen-bond donors (Lipinski definition) is 1. The highest BCUT2D eigenvalue weighted by Gasteiger charge is 2.08. The monoisotopic (exact) mass is 235 g/mol. The van der Waals surface area contributed by atoms with Gasteiger partial charge < -0.3 is 9.88 Å². The van der Waals surface area contributed by atoms with Crippen LogP contribution in [0.1, 0.15) is 33.6 Å². The molecule has 1 rings (SSSR count). The van der Waals surface area contributed by atoms with Gasteiger partial charge in [0.2, 0.25) is 5.56 Å². The predicted molar refractivity (Wildman–Crippen MR) is 73.0 cm³/mol. The van der Waals surface area contributed by atoms with Gasteiger partial charge in [0, 0.05) is 19.2 Å². The normalized spacial score (nSPS) is 11.6. The lowest BCUT2D eigenvalue weighted by atomic mass is 10.3. The maximum Gasteiger partial charge on any atom is 0.249 e. The van der Waals surface area contributed by atoms with Crippen molar-refractivity contribution < 1.29 is 0 Å². The van der Waals surface area contributed by atoms with Gasteiger partial charge >= 0.3 is 0 Å². The average Bonchev–Trinajstić information content (AvgIpc) is 2.33. The molecule has 0 aliphatic heterocycles. The Morgan fingerprint density at radius 2 is 2.12 bits per heavy atom. The van der Waals surface area contributed by atoms with Gasteiger partial charge in [0.1, 0.15) is 11.7 Å².